The average Bonchev–Trinajstić information content (AvgIpc) is 3.59. The molecule has 4 aromatic rings. The average molecular weight is 597 g/mol. The third-order valence-corrected chi connectivity index (χ3v) is 7.13. The van der Waals surface area contributed by atoms with Crippen LogP contribution in [0.3, 0.4) is 0 Å². The summed E-state index contributed by atoms with van der Waals surface area (Å²) in [6.45, 7) is 10.9. The highest BCUT2D eigenvalue weighted by Gasteiger charge is 2.31. The van der Waals surface area contributed by atoms with Crippen molar-refractivity contribution in [1.29, 1.82) is 0 Å². The molecule has 9 nitrogen and oxygen atoms in total. The summed E-state index contributed by atoms with van der Waals surface area (Å²) in [7, 11) is 0. The lowest BCUT2D eigenvalue weighted by molar-refractivity contribution is -0.137. The molecule has 3 heterocycles. The van der Waals surface area contributed by atoms with Crippen LogP contribution in [-0.2, 0) is 6.18 Å². The van der Waals surface area contributed by atoms with Crippen molar-refractivity contribution in [1.82, 2.24) is 20.1 Å². The molecular formula is C30H32F4N8O. The highest BCUT2D eigenvalue weighted by atomic mass is 19.4. The van der Waals surface area contributed by atoms with Gasteiger partial charge in [-0.05, 0) is 63.4 Å². The summed E-state index contributed by atoms with van der Waals surface area (Å²) in [4.78, 5) is 15.7. The van der Waals surface area contributed by atoms with Crippen LogP contribution < -0.4 is 15.0 Å². The van der Waals surface area contributed by atoms with Crippen molar-refractivity contribution in [2.75, 3.05) is 43.1 Å². The number of H-pyrrole nitrogens is 2. The Morgan fingerprint density at radius 3 is 2.53 bits per heavy atom. The number of nitrogens with zero attached hydrogens (tertiary/aromatic N) is 5. The summed E-state index contributed by atoms with van der Waals surface area (Å²) < 4.78 is 60.8. The third kappa shape index (κ3) is 6.82. The number of halogens is 4. The maximum absolute atomic E-state index is 15.2. The number of fused-ring (bicyclic) bond motifs is 1. The summed E-state index contributed by atoms with van der Waals surface area (Å²) >= 11 is 0. The first-order valence-electron chi connectivity index (χ1n) is 13.6. The molecule has 0 amide bonds. The van der Waals surface area contributed by atoms with Crippen LogP contribution in [0.2, 0.25) is 0 Å². The van der Waals surface area contributed by atoms with Gasteiger partial charge < -0.3 is 24.8 Å². The van der Waals surface area contributed by atoms with E-state index in [0.717, 1.165) is 34.6 Å². The van der Waals surface area contributed by atoms with Gasteiger partial charge in [0.2, 0.25) is 0 Å². The number of aryl methyl sites for hydroxylation is 3. The molecule has 2 aromatic heterocycles. The van der Waals surface area contributed by atoms with E-state index in [0.29, 0.717) is 54.7 Å². The van der Waals surface area contributed by atoms with E-state index >= 15 is 4.39 Å². The second kappa shape index (κ2) is 12.2. The standard InChI is InChI=1S/C30H32F4N8O/c1-18-12-24(28(31)23-13-19(2)37-29(18)23)43-17-36-27(16-25(35-4)38-26-14-20(3)39-40-26)42-10-8-41(9-11-42)22-7-5-6-21(15-22)30(32,33)34/h5-7,12-16,37H,4,8-11,17H2,1-3H3,(H2,38,39,40)/b25-16+,36-27+. The number of ether oxygens (including phenoxy) is 1. The number of alkyl halides is 3. The first-order chi connectivity index (χ1) is 20.5. The fourth-order valence-electron chi connectivity index (χ4n) is 4.98. The molecule has 1 aliphatic heterocycles. The Balaban J connectivity index is 1.37. The zero-order chi connectivity index (χ0) is 30.7. The number of benzene rings is 2. The van der Waals surface area contributed by atoms with E-state index in [9.17, 15) is 13.2 Å². The van der Waals surface area contributed by atoms with E-state index < -0.39 is 17.6 Å². The van der Waals surface area contributed by atoms with Gasteiger partial charge in [-0.3, -0.25) is 5.10 Å². The molecule has 0 radical (unpaired) electrons. The van der Waals surface area contributed by atoms with Crippen molar-refractivity contribution in [2.45, 2.75) is 26.9 Å². The molecule has 43 heavy (non-hydrogen) atoms. The van der Waals surface area contributed by atoms with Crippen molar-refractivity contribution in [3.63, 3.8) is 0 Å². The first kappa shape index (κ1) is 29.7. The zero-order valence-corrected chi connectivity index (χ0v) is 24.0. The van der Waals surface area contributed by atoms with E-state index in [2.05, 4.69) is 37.2 Å². The van der Waals surface area contributed by atoms with Gasteiger partial charge in [0.05, 0.1) is 11.1 Å². The van der Waals surface area contributed by atoms with Gasteiger partial charge in [0.1, 0.15) is 11.7 Å². The zero-order valence-electron chi connectivity index (χ0n) is 24.0. The maximum atomic E-state index is 15.2. The summed E-state index contributed by atoms with van der Waals surface area (Å²) in [5, 5.41) is 10.5. The lowest BCUT2D eigenvalue weighted by Gasteiger charge is -2.37. The molecule has 0 atom stereocenters. The largest absolute Gasteiger partial charge is 0.468 e. The number of hydrogen-bond donors (Lipinski definition) is 3. The molecule has 226 valence electrons. The van der Waals surface area contributed by atoms with E-state index in [1.54, 1.807) is 30.3 Å². The topological polar surface area (TPSA) is 96.9 Å². The van der Waals surface area contributed by atoms with E-state index in [1.165, 1.54) is 6.07 Å². The Labute approximate surface area is 246 Å². The monoisotopic (exact) mass is 596 g/mol. The van der Waals surface area contributed by atoms with Gasteiger partial charge in [-0.25, -0.2) is 14.4 Å². The third-order valence-electron chi connectivity index (χ3n) is 7.13. The predicted octanol–water partition coefficient (Wildman–Crippen LogP) is 6.19. The molecular weight excluding hydrogens is 564 g/mol. The number of rotatable bonds is 8. The fourth-order valence-corrected chi connectivity index (χ4v) is 4.98. The van der Waals surface area contributed by atoms with Crippen LogP contribution in [0.25, 0.3) is 10.9 Å². The summed E-state index contributed by atoms with van der Waals surface area (Å²) in [6, 6.07) is 10.5. The van der Waals surface area contributed by atoms with Crippen molar-refractivity contribution in [3.8, 4) is 5.75 Å². The van der Waals surface area contributed by atoms with Gasteiger partial charge in [0.15, 0.2) is 24.1 Å². The van der Waals surface area contributed by atoms with Gasteiger partial charge in [-0.15, -0.1) is 0 Å². The van der Waals surface area contributed by atoms with Crippen LogP contribution in [0.1, 0.15) is 22.5 Å². The lowest BCUT2D eigenvalue weighted by atomic mass is 10.1. The summed E-state index contributed by atoms with van der Waals surface area (Å²) in [5.41, 5.74) is 3.06. The second-order valence-corrected chi connectivity index (χ2v) is 10.3. The number of aliphatic imine (C=N–C) groups is 2. The summed E-state index contributed by atoms with van der Waals surface area (Å²) in [5.74, 6) is 1.00. The molecule has 0 bridgehead atoms. The number of piperazine rings is 1. The normalized spacial score (nSPS) is 14.9. The van der Waals surface area contributed by atoms with Crippen LogP contribution in [0, 0.1) is 26.6 Å². The number of aromatic nitrogens is 3. The first-order valence-corrected chi connectivity index (χ1v) is 13.6. The predicted molar refractivity (Wildman–Crippen MR) is 160 cm³/mol. The highest BCUT2D eigenvalue weighted by molar-refractivity contribution is 5.94. The Bertz CT molecular complexity index is 1680. The van der Waals surface area contributed by atoms with E-state index in [1.807, 2.05) is 30.6 Å². The van der Waals surface area contributed by atoms with Gasteiger partial charge in [0.25, 0.3) is 0 Å². The molecule has 3 N–H and O–H groups in total. The quantitative estimate of drug-likeness (QED) is 0.128. The smallest absolute Gasteiger partial charge is 0.416 e. The Morgan fingerprint density at radius 2 is 1.86 bits per heavy atom. The Kier molecular flexibility index (Phi) is 8.42. The van der Waals surface area contributed by atoms with Crippen LogP contribution in [0.5, 0.6) is 5.75 Å². The number of nitrogens with one attached hydrogen (secondary N) is 3. The number of aromatic amines is 2. The molecule has 13 heteroatoms. The van der Waals surface area contributed by atoms with Crippen molar-refractivity contribution in [3.05, 3.63) is 82.7 Å². The van der Waals surface area contributed by atoms with E-state index in [-0.39, 0.29) is 12.5 Å². The Morgan fingerprint density at radius 1 is 1.09 bits per heavy atom. The van der Waals surface area contributed by atoms with E-state index in [4.69, 9.17) is 4.74 Å². The van der Waals surface area contributed by atoms with Crippen molar-refractivity contribution < 1.29 is 22.3 Å². The lowest BCUT2D eigenvalue weighted by Crippen LogP contribution is -2.48. The summed E-state index contributed by atoms with van der Waals surface area (Å²) in [6.07, 6.45) is -2.74. The Hall–Kier alpha value is -4.81. The van der Waals surface area contributed by atoms with Crippen LogP contribution in [0.15, 0.2) is 64.3 Å². The molecule has 1 saturated heterocycles. The number of hydrogen-bond acceptors (Lipinski definition) is 6. The van der Waals surface area contributed by atoms with Gasteiger partial charge in [0, 0.05) is 60.8 Å². The number of anilines is 2. The molecule has 2 aromatic carbocycles. The minimum atomic E-state index is -4.42. The SMILES string of the molecule is C=N/C(=C\C(=N/COc1cc(C)c2[nH]c(C)cc2c1F)N1CCN(c2cccc(C(F)(F)F)c2)CC1)Nc1cc(C)[nH]n1. The fraction of sp³-hybridized carbons (Fsp3) is 0.300. The minimum absolute atomic E-state index is 0.0811. The molecule has 0 aliphatic carbocycles. The van der Waals surface area contributed by atoms with Crippen LogP contribution in [0.4, 0.5) is 29.1 Å². The van der Waals surface area contributed by atoms with Crippen LogP contribution in [-0.4, -0.2) is 65.5 Å². The molecule has 1 fully saturated rings. The molecule has 0 unspecified atom stereocenters. The molecule has 1 aliphatic rings. The van der Waals surface area contributed by atoms with Crippen molar-refractivity contribution in [2.24, 2.45) is 9.98 Å². The van der Waals surface area contributed by atoms with Gasteiger partial charge in [-0.2, -0.15) is 18.3 Å². The maximum Gasteiger partial charge on any atom is 0.416 e. The highest BCUT2D eigenvalue weighted by Crippen LogP contribution is 2.32. The molecule has 0 spiro atoms. The molecule has 5 rings (SSSR count). The van der Waals surface area contributed by atoms with Gasteiger partial charge in [-0.1, -0.05) is 6.07 Å². The number of amidine groups is 1. The van der Waals surface area contributed by atoms with Crippen molar-refractivity contribution >= 4 is 35.0 Å². The van der Waals surface area contributed by atoms with Gasteiger partial charge >= 0.3 is 6.18 Å². The van der Waals surface area contributed by atoms with Crippen LogP contribution >= 0.6 is 0 Å². The molecule has 0 saturated carbocycles. The minimum Gasteiger partial charge on any atom is -0.468 e. The second-order valence-electron chi connectivity index (χ2n) is 10.3.